The molecule has 0 spiro atoms. The van der Waals surface area contributed by atoms with Crippen LogP contribution in [0.25, 0.3) is 0 Å². The molecule has 0 heterocycles. The summed E-state index contributed by atoms with van der Waals surface area (Å²) in [4.78, 5) is 0. The number of hydrogen-bond acceptors (Lipinski definition) is 3. The molecule has 0 aliphatic carbocycles. The van der Waals surface area contributed by atoms with Crippen LogP contribution in [0.1, 0.15) is 0 Å². The summed E-state index contributed by atoms with van der Waals surface area (Å²) in [6.07, 6.45) is -9.70. The molecule has 4 nitrogen and oxygen atoms in total. The second-order valence-electron chi connectivity index (χ2n) is 2.32. The molecule has 2 N–H and O–H groups in total. The van der Waals surface area contributed by atoms with Gasteiger partial charge in [0.05, 0.1) is 0 Å². The third-order valence-electron chi connectivity index (χ3n) is 0.816. The van der Waals surface area contributed by atoms with Crippen LogP contribution >= 0.6 is 7.75 Å². The van der Waals surface area contributed by atoms with Gasteiger partial charge in [-0.05, 0) is 0 Å². The Balaban J connectivity index is 4.04. The summed E-state index contributed by atoms with van der Waals surface area (Å²) in [5, 5.41) is 0. The summed E-state index contributed by atoms with van der Waals surface area (Å²) in [5.74, 6) is 0. The minimum Gasteiger partial charge on any atom is -0.287 e. The number of alkyl halides is 6. The van der Waals surface area contributed by atoms with Crippen molar-refractivity contribution in [1.82, 2.24) is 0 Å². The lowest BCUT2D eigenvalue weighted by Gasteiger charge is -2.15. The molecule has 15 heavy (non-hydrogen) atoms. The predicted molar refractivity (Wildman–Crippen MR) is 35.8 cm³/mol. The van der Waals surface area contributed by atoms with Gasteiger partial charge in [-0.15, -0.1) is 0 Å². The van der Waals surface area contributed by atoms with E-state index in [1.807, 2.05) is 0 Å². The molecule has 11 heteroatoms. The first-order chi connectivity index (χ1) is 6.41. The lowest BCUT2D eigenvalue weighted by Crippen LogP contribution is -2.22. The van der Waals surface area contributed by atoms with Gasteiger partial charge in [-0.3, -0.25) is 9.05 Å². The van der Waals surface area contributed by atoms with Gasteiger partial charge in [0.15, 0.2) is 13.2 Å². The molecule has 0 amide bonds. The molecule has 0 aromatic rings. The average Bonchev–Trinajstić information content (AvgIpc) is 1.96. The quantitative estimate of drug-likeness (QED) is 0.622. The first-order valence-electron chi connectivity index (χ1n) is 3.22. The molecule has 0 atom stereocenters. The predicted octanol–water partition coefficient (Wildman–Crippen LogP) is 2.21. The summed E-state index contributed by atoms with van der Waals surface area (Å²) in [5.41, 5.74) is 4.44. The van der Waals surface area contributed by atoms with E-state index >= 15 is 0 Å². The molecule has 0 aromatic carbocycles. The third-order valence-corrected chi connectivity index (χ3v) is 1.79. The Labute approximate surface area is 79.9 Å². The molecule has 0 fully saturated rings. The van der Waals surface area contributed by atoms with E-state index in [0.717, 1.165) is 0 Å². The van der Waals surface area contributed by atoms with Crippen LogP contribution in [-0.4, -0.2) is 25.6 Å². The van der Waals surface area contributed by atoms with Crippen molar-refractivity contribution in [2.75, 3.05) is 13.2 Å². The van der Waals surface area contributed by atoms with E-state index in [-0.39, 0.29) is 0 Å². The monoisotopic (exact) mass is 261 g/mol. The highest BCUT2D eigenvalue weighted by atomic mass is 31.2. The molecule has 0 aliphatic heterocycles. The van der Waals surface area contributed by atoms with Crippen molar-refractivity contribution in [2.24, 2.45) is 5.50 Å². The summed E-state index contributed by atoms with van der Waals surface area (Å²) in [6.45, 7) is -4.09. The van der Waals surface area contributed by atoms with Crippen molar-refractivity contribution in [1.29, 1.82) is 0 Å². The first-order valence-corrected chi connectivity index (χ1v) is 4.84. The van der Waals surface area contributed by atoms with Crippen LogP contribution in [0.3, 0.4) is 0 Å². The van der Waals surface area contributed by atoms with E-state index in [4.69, 9.17) is 0 Å². The molecular weight excluding hydrogens is 255 g/mol. The highest BCUT2D eigenvalue weighted by Crippen LogP contribution is 2.42. The van der Waals surface area contributed by atoms with Crippen LogP contribution < -0.4 is 5.50 Å². The molecular formula is C4H6F6NO3P. The van der Waals surface area contributed by atoms with Gasteiger partial charge in [0.2, 0.25) is 0 Å². The normalized spacial score (nSPS) is 14.3. The minimum absolute atomic E-state index is 2.04. The fourth-order valence-corrected chi connectivity index (χ4v) is 1.09. The Bertz CT molecular complexity index is 228. The Morgan fingerprint density at radius 3 is 1.40 bits per heavy atom. The Kier molecular flexibility index (Phi) is 4.59. The van der Waals surface area contributed by atoms with E-state index in [0.29, 0.717) is 0 Å². The molecule has 0 bridgehead atoms. The first kappa shape index (κ1) is 14.7. The molecule has 0 radical (unpaired) electrons. The van der Waals surface area contributed by atoms with Gasteiger partial charge in [-0.25, -0.2) is 10.1 Å². The maximum Gasteiger partial charge on any atom is 0.412 e. The maximum absolute atomic E-state index is 11.5. The second-order valence-corrected chi connectivity index (χ2v) is 3.91. The van der Waals surface area contributed by atoms with E-state index in [2.05, 4.69) is 14.6 Å². The lowest BCUT2D eigenvalue weighted by molar-refractivity contribution is -0.165. The van der Waals surface area contributed by atoms with E-state index in [1.54, 1.807) is 0 Å². The Morgan fingerprint density at radius 2 is 1.20 bits per heavy atom. The SMILES string of the molecule is NP(=O)(OCC(F)(F)F)OCC(F)(F)F. The number of rotatable bonds is 4. The number of nitrogens with two attached hydrogens (primary N) is 1. The molecule has 92 valence electrons. The zero-order chi connectivity index (χ0) is 12.3. The molecule has 0 aliphatic rings. The van der Waals surface area contributed by atoms with Crippen molar-refractivity contribution in [3.05, 3.63) is 0 Å². The van der Waals surface area contributed by atoms with Crippen LogP contribution in [0, 0.1) is 0 Å². The molecule has 0 rings (SSSR count). The van der Waals surface area contributed by atoms with Gasteiger partial charge in [0, 0.05) is 0 Å². The summed E-state index contributed by atoms with van der Waals surface area (Å²) < 4.78 is 86.5. The highest BCUT2D eigenvalue weighted by Gasteiger charge is 2.36. The van der Waals surface area contributed by atoms with Gasteiger partial charge in [0.1, 0.15) is 0 Å². The maximum atomic E-state index is 11.5. The van der Waals surface area contributed by atoms with E-state index < -0.39 is 33.3 Å². The molecule has 0 unspecified atom stereocenters. The van der Waals surface area contributed by atoms with E-state index in [9.17, 15) is 30.9 Å². The van der Waals surface area contributed by atoms with Crippen molar-refractivity contribution in [3.8, 4) is 0 Å². The summed E-state index contributed by atoms with van der Waals surface area (Å²) in [7, 11) is -4.83. The van der Waals surface area contributed by atoms with E-state index in [1.165, 1.54) is 0 Å². The number of hydrogen-bond donors (Lipinski definition) is 1. The largest absolute Gasteiger partial charge is 0.412 e. The van der Waals surface area contributed by atoms with Crippen LogP contribution in [0.2, 0.25) is 0 Å². The van der Waals surface area contributed by atoms with Crippen LogP contribution in [0.5, 0.6) is 0 Å². The zero-order valence-corrected chi connectivity index (χ0v) is 7.83. The smallest absolute Gasteiger partial charge is 0.287 e. The Hall–Kier alpha value is -0.310. The van der Waals surface area contributed by atoms with Gasteiger partial charge >= 0.3 is 20.1 Å². The van der Waals surface area contributed by atoms with Gasteiger partial charge in [-0.2, -0.15) is 26.3 Å². The van der Waals surface area contributed by atoms with Crippen molar-refractivity contribution in [2.45, 2.75) is 12.4 Å². The molecule has 0 saturated carbocycles. The summed E-state index contributed by atoms with van der Waals surface area (Å²) in [6, 6.07) is 0. The van der Waals surface area contributed by atoms with Gasteiger partial charge in [-0.1, -0.05) is 0 Å². The minimum atomic E-state index is -4.85. The fourth-order valence-electron chi connectivity index (χ4n) is 0.364. The van der Waals surface area contributed by atoms with Crippen molar-refractivity contribution < 1.29 is 40.0 Å². The molecule has 0 aromatic heterocycles. The lowest BCUT2D eigenvalue weighted by atomic mass is 10.7. The van der Waals surface area contributed by atoms with Crippen LogP contribution in [0.4, 0.5) is 26.3 Å². The Morgan fingerprint density at radius 1 is 0.933 bits per heavy atom. The highest BCUT2D eigenvalue weighted by molar-refractivity contribution is 7.51. The van der Waals surface area contributed by atoms with Crippen molar-refractivity contribution in [3.63, 3.8) is 0 Å². The van der Waals surface area contributed by atoms with Crippen LogP contribution in [-0.2, 0) is 13.6 Å². The standard InChI is InChI=1S/C4H6F6NO3P/c5-3(6,7)1-13-15(11,12)14-2-4(8,9)10/h1-2H2,(H2,11,12). The average molecular weight is 261 g/mol. The van der Waals surface area contributed by atoms with Crippen LogP contribution in [0.15, 0.2) is 0 Å². The third kappa shape index (κ3) is 9.98. The zero-order valence-electron chi connectivity index (χ0n) is 6.93. The molecule has 0 saturated heterocycles. The topological polar surface area (TPSA) is 61.6 Å². The summed E-state index contributed by atoms with van der Waals surface area (Å²) >= 11 is 0. The fraction of sp³-hybridized carbons (Fsp3) is 1.00. The van der Waals surface area contributed by atoms with Gasteiger partial charge < -0.3 is 0 Å². The van der Waals surface area contributed by atoms with Crippen molar-refractivity contribution >= 4 is 7.75 Å². The second kappa shape index (κ2) is 4.69. The van der Waals surface area contributed by atoms with Gasteiger partial charge in [0.25, 0.3) is 0 Å². The number of halogens is 6.